The normalized spacial score (nSPS) is 14.2. The van der Waals surface area contributed by atoms with Crippen LogP contribution in [0.3, 0.4) is 0 Å². The summed E-state index contributed by atoms with van der Waals surface area (Å²) in [4.78, 5) is 0. The van der Waals surface area contributed by atoms with Crippen LogP contribution in [0.1, 0.15) is 104 Å². The van der Waals surface area contributed by atoms with Gasteiger partial charge in [0.05, 0.1) is 9.16 Å². The molecule has 134 valence electrons. The molecule has 0 heterocycles. The summed E-state index contributed by atoms with van der Waals surface area (Å²) >= 11 is 9.41. The van der Waals surface area contributed by atoms with Crippen LogP contribution < -0.4 is 0 Å². The van der Waals surface area contributed by atoms with E-state index in [1.165, 1.54) is 89.9 Å². The summed E-state index contributed by atoms with van der Waals surface area (Å²) in [6.07, 6.45) is 19.0. The molecule has 0 nitrogen and oxygen atoms in total. The van der Waals surface area contributed by atoms with Crippen LogP contribution in [-0.2, 0) is 0 Å². The summed E-state index contributed by atoms with van der Waals surface area (Å²) in [5.41, 5.74) is 0. The van der Waals surface area contributed by atoms with Crippen molar-refractivity contribution in [3.05, 3.63) is 0 Å². The summed E-state index contributed by atoms with van der Waals surface area (Å²) in [5.74, 6) is 0. The molecular weight excluding hydrogens is 344 g/mol. The zero-order valence-electron chi connectivity index (χ0n) is 14.8. The van der Waals surface area contributed by atoms with Gasteiger partial charge in [0.15, 0.2) is 0 Å². The first-order chi connectivity index (χ1) is 10.7. The smallest absolute Gasteiger partial charge is 0.0576 e. The third kappa shape index (κ3) is 17.7. The Balaban J connectivity index is 3.31. The molecule has 4 heteroatoms. The van der Waals surface area contributed by atoms with Gasteiger partial charge in [0, 0.05) is 0 Å². The zero-order chi connectivity index (χ0) is 16.5. The molecule has 2 unspecified atom stereocenters. The Morgan fingerprint density at radius 2 is 0.864 bits per heavy atom. The Kier molecular flexibility index (Phi) is 19.9. The monoisotopic (exact) mass is 382 g/mol. The fourth-order valence-electron chi connectivity index (χ4n) is 2.42. The third-order valence-corrected chi connectivity index (χ3v) is 8.65. The van der Waals surface area contributed by atoms with Gasteiger partial charge in [-0.2, -0.15) is 25.3 Å². The summed E-state index contributed by atoms with van der Waals surface area (Å²) in [6.45, 7) is 4.55. The summed E-state index contributed by atoms with van der Waals surface area (Å²) < 4.78 is 0.964. The van der Waals surface area contributed by atoms with E-state index in [0.29, 0.717) is 9.16 Å². The maximum absolute atomic E-state index is 4.70. The average Bonchev–Trinajstić information content (AvgIpc) is 2.52. The van der Waals surface area contributed by atoms with Crippen LogP contribution in [0, 0.1) is 0 Å². The first-order valence-corrected chi connectivity index (χ1v) is 12.7. The van der Waals surface area contributed by atoms with Gasteiger partial charge >= 0.3 is 0 Å². The fourth-order valence-corrected chi connectivity index (χ4v) is 5.81. The standard InChI is InChI=1S/C18H38S4/c1-3-5-7-9-11-13-15-17(19)21-22-18(20)16-14-12-10-8-6-4-2/h17-20H,3-16H2,1-2H3. The molecule has 0 amide bonds. The maximum atomic E-state index is 4.70. The Bertz CT molecular complexity index is 189. The van der Waals surface area contributed by atoms with E-state index in [1.54, 1.807) is 0 Å². The van der Waals surface area contributed by atoms with Crippen LogP contribution in [0.15, 0.2) is 0 Å². The van der Waals surface area contributed by atoms with Crippen molar-refractivity contribution in [2.75, 3.05) is 0 Å². The van der Waals surface area contributed by atoms with Gasteiger partial charge in [-0.1, -0.05) is 112 Å². The van der Waals surface area contributed by atoms with E-state index in [0.717, 1.165) is 0 Å². The van der Waals surface area contributed by atoms with E-state index in [4.69, 9.17) is 25.3 Å². The largest absolute Gasteiger partial charge is 0.164 e. The maximum Gasteiger partial charge on any atom is 0.0576 e. The number of rotatable bonds is 17. The highest BCUT2D eigenvalue weighted by molar-refractivity contribution is 8.79. The van der Waals surface area contributed by atoms with Gasteiger partial charge in [0.2, 0.25) is 0 Å². The number of hydrogen-bond donors (Lipinski definition) is 2. The van der Waals surface area contributed by atoms with Crippen LogP contribution in [-0.4, -0.2) is 9.16 Å². The predicted molar refractivity (Wildman–Crippen MR) is 117 cm³/mol. The first kappa shape index (κ1) is 23.4. The molecule has 0 saturated carbocycles. The molecule has 0 saturated heterocycles. The highest BCUT2D eigenvalue weighted by atomic mass is 33.1. The molecule has 0 bridgehead atoms. The fraction of sp³-hybridized carbons (Fsp3) is 1.00. The van der Waals surface area contributed by atoms with Gasteiger partial charge in [-0.05, 0) is 12.8 Å². The highest BCUT2D eigenvalue weighted by Crippen LogP contribution is 2.38. The second-order valence-electron chi connectivity index (χ2n) is 6.21. The molecule has 0 aliphatic heterocycles. The molecule has 0 radical (unpaired) electrons. The second-order valence-corrected chi connectivity index (χ2v) is 10.8. The zero-order valence-corrected chi connectivity index (χ0v) is 18.2. The molecule has 0 aromatic carbocycles. The van der Waals surface area contributed by atoms with Crippen LogP contribution >= 0.6 is 46.8 Å². The lowest BCUT2D eigenvalue weighted by atomic mass is 10.1. The molecule has 2 atom stereocenters. The molecule has 0 aliphatic carbocycles. The molecule has 0 spiro atoms. The second kappa shape index (κ2) is 18.7. The van der Waals surface area contributed by atoms with Crippen LogP contribution in [0.25, 0.3) is 0 Å². The molecule has 0 fully saturated rings. The topological polar surface area (TPSA) is 0 Å². The quantitative estimate of drug-likeness (QED) is 0.112. The summed E-state index contributed by atoms with van der Waals surface area (Å²) in [6, 6.07) is 0. The van der Waals surface area contributed by atoms with Gasteiger partial charge in [0.1, 0.15) is 0 Å². The molecule has 22 heavy (non-hydrogen) atoms. The van der Waals surface area contributed by atoms with Crippen LogP contribution in [0.5, 0.6) is 0 Å². The summed E-state index contributed by atoms with van der Waals surface area (Å²) in [5, 5.41) is 0. The molecular formula is C18H38S4. The third-order valence-electron chi connectivity index (χ3n) is 3.89. The number of hydrogen-bond acceptors (Lipinski definition) is 4. The number of unbranched alkanes of at least 4 members (excludes halogenated alkanes) is 10. The SMILES string of the molecule is CCCCCCCCC(S)SSC(S)CCCCCCCC. The van der Waals surface area contributed by atoms with Crippen LogP contribution in [0.4, 0.5) is 0 Å². The Labute approximate surface area is 159 Å². The lowest BCUT2D eigenvalue weighted by Crippen LogP contribution is -1.95. The van der Waals surface area contributed by atoms with E-state index < -0.39 is 0 Å². The van der Waals surface area contributed by atoms with Crippen molar-refractivity contribution in [1.82, 2.24) is 0 Å². The van der Waals surface area contributed by atoms with Crippen molar-refractivity contribution in [3.8, 4) is 0 Å². The highest BCUT2D eigenvalue weighted by Gasteiger charge is 2.09. The van der Waals surface area contributed by atoms with Gasteiger partial charge in [-0.25, -0.2) is 0 Å². The molecule has 0 N–H and O–H groups in total. The van der Waals surface area contributed by atoms with Crippen molar-refractivity contribution in [2.45, 2.75) is 113 Å². The van der Waals surface area contributed by atoms with E-state index in [-0.39, 0.29) is 0 Å². The van der Waals surface area contributed by atoms with Gasteiger partial charge in [-0.3, -0.25) is 0 Å². The Hall–Kier alpha value is 1.40. The van der Waals surface area contributed by atoms with Crippen molar-refractivity contribution in [3.63, 3.8) is 0 Å². The molecule has 0 aliphatic rings. The van der Waals surface area contributed by atoms with Crippen LogP contribution in [0.2, 0.25) is 0 Å². The Morgan fingerprint density at radius 1 is 0.545 bits per heavy atom. The van der Waals surface area contributed by atoms with Gasteiger partial charge < -0.3 is 0 Å². The van der Waals surface area contributed by atoms with Crippen molar-refractivity contribution >= 4 is 46.8 Å². The molecule has 0 rings (SSSR count). The minimum atomic E-state index is 0.482. The van der Waals surface area contributed by atoms with E-state index >= 15 is 0 Å². The minimum absolute atomic E-state index is 0.482. The predicted octanol–water partition coefficient (Wildman–Crippen LogP) is 8.38. The van der Waals surface area contributed by atoms with E-state index in [2.05, 4.69) is 13.8 Å². The summed E-state index contributed by atoms with van der Waals surface area (Å²) in [7, 11) is 3.86. The number of thiol groups is 2. The average molecular weight is 383 g/mol. The van der Waals surface area contributed by atoms with Crippen molar-refractivity contribution in [1.29, 1.82) is 0 Å². The van der Waals surface area contributed by atoms with Crippen molar-refractivity contribution < 1.29 is 0 Å². The molecule has 0 aromatic heterocycles. The Morgan fingerprint density at radius 3 is 1.23 bits per heavy atom. The van der Waals surface area contributed by atoms with E-state index in [1.807, 2.05) is 21.6 Å². The lowest BCUT2D eigenvalue weighted by Gasteiger charge is -2.13. The van der Waals surface area contributed by atoms with E-state index in [9.17, 15) is 0 Å². The minimum Gasteiger partial charge on any atom is -0.164 e. The van der Waals surface area contributed by atoms with Crippen molar-refractivity contribution in [2.24, 2.45) is 0 Å². The lowest BCUT2D eigenvalue weighted by molar-refractivity contribution is 0.600. The molecule has 0 aromatic rings. The van der Waals surface area contributed by atoms with Gasteiger partial charge in [0.25, 0.3) is 0 Å². The van der Waals surface area contributed by atoms with Gasteiger partial charge in [-0.15, -0.1) is 0 Å². The first-order valence-electron chi connectivity index (χ1n) is 9.39.